The van der Waals surface area contributed by atoms with Crippen LogP contribution in [0.4, 0.5) is 18.9 Å². The van der Waals surface area contributed by atoms with Crippen molar-refractivity contribution in [1.29, 1.82) is 0 Å². The quantitative estimate of drug-likeness (QED) is 0.396. The number of oxime groups is 1. The molecule has 0 fully saturated rings. The normalized spacial score (nSPS) is 12.7. The molecule has 0 aromatic heterocycles. The lowest BCUT2D eigenvalue weighted by atomic mass is 10.0. The molecule has 0 spiro atoms. The molecule has 2 aromatic rings. The van der Waals surface area contributed by atoms with Crippen molar-refractivity contribution < 1.29 is 18.4 Å². The van der Waals surface area contributed by atoms with Gasteiger partial charge in [0.2, 0.25) is 0 Å². The maximum atomic E-state index is 12.5. The predicted molar refractivity (Wildman–Crippen MR) is 75.8 cm³/mol. The van der Waals surface area contributed by atoms with Gasteiger partial charge in [-0.15, -0.1) is 0 Å². The largest absolute Gasteiger partial charge is 0.409 e. The smallest absolute Gasteiger partial charge is 0.405 e. The highest BCUT2D eigenvalue weighted by atomic mass is 19.4. The minimum atomic E-state index is -4.29. The summed E-state index contributed by atoms with van der Waals surface area (Å²) in [5.41, 5.74) is 6.49. The Labute approximate surface area is 119 Å². The fourth-order valence-electron chi connectivity index (χ4n) is 2.25. The van der Waals surface area contributed by atoms with E-state index in [0.717, 1.165) is 4.90 Å². The van der Waals surface area contributed by atoms with E-state index in [9.17, 15) is 13.2 Å². The van der Waals surface area contributed by atoms with Crippen LogP contribution in [-0.4, -0.2) is 30.8 Å². The van der Waals surface area contributed by atoms with E-state index in [4.69, 9.17) is 10.9 Å². The van der Waals surface area contributed by atoms with Gasteiger partial charge in [-0.05, 0) is 17.5 Å². The van der Waals surface area contributed by atoms with Gasteiger partial charge in [-0.3, -0.25) is 0 Å². The molecule has 0 aliphatic heterocycles. The Morgan fingerprint density at radius 1 is 1.19 bits per heavy atom. The number of nitrogens with zero attached hydrogens (tertiary/aromatic N) is 2. The number of nitrogens with two attached hydrogens (primary N) is 1. The second kappa shape index (κ2) is 5.51. The molecule has 2 rings (SSSR count). The number of benzene rings is 2. The van der Waals surface area contributed by atoms with Gasteiger partial charge in [0.05, 0.1) is 0 Å². The number of alkyl halides is 3. The average Bonchev–Trinajstić information content (AvgIpc) is 2.43. The van der Waals surface area contributed by atoms with Gasteiger partial charge in [-0.1, -0.05) is 29.4 Å². The van der Waals surface area contributed by atoms with Crippen molar-refractivity contribution in [3.8, 4) is 0 Å². The fourth-order valence-corrected chi connectivity index (χ4v) is 2.25. The molecule has 0 amide bonds. The van der Waals surface area contributed by atoms with E-state index in [1.165, 1.54) is 13.1 Å². The van der Waals surface area contributed by atoms with Crippen LogP contribution < -0.4 is 10.6 Å². The predicted octanol–water partition coefficient (Wildman–Crippen LogP) is 2.93. The van der Waals surface area contributed by atoms with Crippen LogP contribution in [0.25, 0.3) is 10.8 Å². The van der Waals surface area contributed by atoms with E-state index in [1.807, 2.05) is 0 Å². The molecule has 0 aliphatic rings. The summed E-state index contributed by atoms with van der Waals surface area (Å²) in [4.78, 5) is 1.12. The Hall–Kier alpha value is -2.44. The van der Waals surface area contributed by atoms with E-state index >= 15 is 0 Å². The lowest BCUT2D eigenvalue weighted by Crippen LogP contribution is -2.31. The van der Waals surface area contributed by atoms with Gasteiger partial charge in [0, 0.05) is 23.7 Å². The summed E-state index contributed by atoms with van der Waals surface area (Å²) in [6, 6.07) is 9.95. The number of hydrogen-bond acceptors (Lipinski definition) is 3. The van der Waals surface area contributed by atoms with Crippen molar-refractivity contribution in [2.45, 2.75) is 6.18 Å². The Kier molecular flexibility index (Phi) is 3.93. The van der Waals surface area contributed by atoms with Crippen LogP contribution in [0.5, 0.6) is 0 Å². The van der Waals surface area contributed by atoms with Crippen molar-refractivity contribution >= 4 is 22.3 Å². The number of hydrogen-bond donors (Lipinski definition) is 2. The zero-order valence-corrected chi connectivity index (χ0v) is 11.2. The molecule has 0 heterocycles. The molecule has 0 bridgehead atoms. The third-order valence-electron chi connectivity index (χ3n) is 3.11. The van der Waals surface area contributed by atoms with Gasteiger partial charge in [0.15, 0.2) is 5.84 Å². The van der Waals surface area contributed by atoms with Crippen molar-refractivity contribution in [2.75, 3.05) is 18.5 Å². The first-order valence-electron chi connectivity index (χ1n) is 6.11. The molecule has 2 aromatic carbocycles. The summed E-state index contributed by atoms with van der Waals surface area (Å²) in [5.74, 6) is -0.0868. The van der Waals surface area contributed by atoms with Crippen molar-refractivity contribution in [3.63, 3.8) is 0 Å². The fraction of sp³-hybridized carbons (Fsp3) is 0.214. The number of fused-ring (bicyclic) bond motifs is 1. The van der Waals surface area contributed by atoms with Crippen molar-refractivity contribution in [1.82, 2.24) is 0 Å². The topological polar surface area (TPSA) is 61.8 Å². The van der Waals surface area contributed by atoms with Crippen LogP contribution in [0.15, 0.2) is 41.6 Å². The number of halogens is 3. The Morgan fingerprint density at radius 3 is 2.38 bits per heavy atom. The minimum Gasteiger partial charge on any atom is -0.409 e. The van der Waals surface area contributed by atoms with E-state index in [0.29, 0.717) is 22.0 Å². The lowest BCUT2D eigenvalue weighted by molar-refractivity contribution is -0.119. The molecule has 0 aliphatic carbocycles. The highest BCUT2D eigenvalue weighted by Crippen LogP contribution is 2.30. The zero-order valence-electron chi connectivity index (χ0n) is 11.2. The maximum Gasteiger partial charge on any atom is 0.405 e. The Balaban J connectivity index is 2.58. The molecule has 4 nitrogen and oxygen atoms in total. The Morgan fingerprint density at radius 2 is 1.81 bits per heavy atom. The summed E-state index contributed by atoms with van der Waals surface area (Å²) < 4.78 is 37.6. The standard InChI is InChI=1S/C14H14F3N3O/c1-20(8-14(15,16)17)12-7-6-11(13(18)19-21)9-4-2-3-5-10(9)12/h2-7,21H,8H2,1H3,(H2,18,19). The summed E-state index contributed by atoms with van der Waals surface area (Å²) in [6.45, 7) is -1.06. The monoisotopic (exact) mass is 297 g/mol. The third-order valence-corrected chi connectivity index (χ3v) is 3.11. The minimum absolute atomic E-state index is 0.0868. The zero-order chi connectivity index (χ0) is 15.6. The summed E-state index contributed by atoms with van der Waals surface area (Å²) in [6.07, 6.45) is -4.29. The number of amidine groups is 1. The van der Waals surface area contributed by atoms with Crippen molar-refractivity contribution in [2.24, 2.45) is 10.9 Å². The molecule has 3 N–H and O–H groups in total. The third kappa shape index (κ3) is 3.18. The van der Waals surface area contributed by atoms with Gasteiger partial charge in [0.1, 0.15) is 6.54 Å². The first-order valence-corrected chi connectivity index (χ1v) is 6.11. The highest BCUT2D eigenvalue weighted by molar-refractivity contribution is 6.11. The van der Waals surface area contributed by atoms with Crippen molar-refractivity contribution in [3.05, 3.63) is 42.0 Å². The van der Waals surface area contributed by atoms with E-state index < -0.39 is 12.7 Å². The van der Waals surface area contributed by atoms with Crippen LogP contribution in [0, 0.1) is 0 Å². The second-order valence-electron chi connectivity index (χ2n) is 4.63. The van der Waals surface area contributed by atoms with Crippen LogP contribution in [0.2, 0.25) is 0 Å². The average molecular weight is 297 g/mol. The molecule has 0 atom stereocenters. The van der Waals surface area contributed by atoms with Crippen LogP contribution >= 0.6 is 0 Å². The molecule has 21 heavy (non-hydrogen) atoms. The maximum absolute atomic E-state index is 12.5. The Bertz CT molecular complexity index is 683. The van der Waals surface area contributed by atoms with Crippen LogP contribution in [-0.2, 0) is 0 Å². The van der Waals surface area contributed by atoms with Crippen LogP contribution in [0.3, 0.4) is 0 Å². The number of anilines is 1. The molecule has 0 saturated heterocycles. The highest BCUT2D eigenvalue weighted by Gasteiger charge is 2.30. The number of rotatable bonds is 3. The first-order chi connectivity index (χ1) is 9.83. The molecule has 0 saturated carbocycles. The molecule has 7 heteroatoms. The lowest BCUT2D eigenvalue weighted by Gasteiger charge is -2.23. The van der Waals surface area contributed by atoms with E-state index in [2.05, 4.69) is 5.16 Å². The van der Waals surface area contributed by atoms with E-state index in [1.54, 1.807) is 30.3 Å². The first kappa shape index (κ1) is 15.0. The SMILES string of the molecule is CN(CC(F)(F)F)c1ccc(/C(N)=N/O)c2ccccc12. The van der Waals surface area contributed by atoms with Gasteiger partial charge < -0.3 is 15.8 Å². The molecule has 0 unspecified atom stereocenters. The molecule has 0 radical (unpaired) electrons. The summed E-state index contributed by atoms with van der Waals surface area (Å²) in [5, 5.41) is 13.0. The van der Waals surface area contributed by atoms with Gasteiger partial charge in [-0.25, -0.2) is 0 Å². The molecular weight excluding hydrogens is 283 g/mol. The van der Waals surface area contributed by atoms with Gasteiger partial charge in [0.25, 0.3) is 0 Å². The second-order valence-corrected chi connectivity index (χ2v) is 4.63. The van der Waals surface area contributed by atoms with E-state index in [-0.39, 0.29) is 5.84 Å². The summed E-state index contributed by atoms with van der Waals surface area (Å²) >= 11 is 0. The molecular formula is C14H14F3N3O. The molecule has 112 valence electrons. The van der Waals surface area contributed by atoms with Gasteiger partial charge in [-0.2, -0.15) is 13.2 Å². The summed E-state index contributed by atoms with van der Waals surface area (Å²) in [7, 11) is 1.37. The van der Waals surface area contributed by atoms with Gasteiger partial charge >= 0.3 is 6.18 Å². The van der Waals surface area contributed by atoms with Crippen LogP contribution in [0.1, 0.15) is 5.56 Å².